The second kappa shape index (κ2) is 7.92. The van der Waals surface area contributed by atoms with Gasteiger partial charge in [0.1, 0.15) is 5.75 Å². The Balaban J connectivity index is 1.29. The van der Waals surface area contributed by atoms with Crippen LogP contribution in [0.3, 0.4) is 0 Å². The van der Waals surface area contributed by atoms with Crippen LogP contribution in [0.2, 0.25) is 0 Å². The number of hydrogen-bond donors (Lipinski definition) is 2. The maximum atomic E-state index is 12.6. The number of nitrogens with zero attached hydrogens (tertiary/aromatic N) is 1. The highest BCUT2D eigenvalue weighted by Gasteiger charge is 2.46. The second-order valence-corrected chi connectivity index (χ2v) is 7.49. The van der Waals surface area contributed by atoms with Gasteiger partial charge in [0.2, 0.25) is 0 Å². The Labute approximate surface area is 164 Å². The SMILES string of the molecule is COc1cccc(CNC(=O)N2CC3CC2CC3NC(=O)c2ccccc2)c1. The van der Waals surface area contributed by atoms with Gasteiger partial charge in [-0.3, -0.25) is 4.79 Å². The van der Waals surface area contributed by atoms with Crippen molar-refractivity contribution in [2.75, 3.05) is 13.7 Å². The predicted molar refractivity (Wildman–Crippen MR) is 106 cm³/mol. The Morgan fingerprint density at radius 1 is 1.11 bits per heavy atom. The smallest absolute Gasteiger partial charge is 0.317 e. The number of methoxy groups -OCH3 is 1. The third kappa shape index (κ3) is 3.81. The molecule has 0 radical (unpaired) electrons. The molecule has 3 amide bonds. The van der Waals surface area contributed by atoms with E-state index < -0.39 is 0 Å². The molecule has 2 N–H and O–H groups in total. The van der Waals surface area contributed by atoms with E-state index in [1.165, 1.54) is 0 Å². The summed E-state index contributed by atoms with van der Waals surface area (Å²) in [4.78, 5) is 26.9. The number of ether oxygens (including phenoxy) is 1. The quantitative estimate of drug-likeness (QED) is 0.839. The first kappa shape index (κ1) is 18.3. The Hall–Kier alpha value is -3.02. The van der Waals surface area contributed by atoms with Crippen LogP contribution in [-0.4, -0.2) is 42.6 Å². The zero-order valence-electron chi connectivity index (χ0n) is 15.9. The zero-order valence-corrected chi connectivity index (χ0v) is 15.9. The molecule has 0 aromatic heterocycles. The fourth-order valence-corrected chi connectivity index (χ4v) is 4.28. The normalized spacial score (nSPS) is 22.8. The lowest BCUT2D eigenvalue weighted by Gasteiger charge is -2.32. The second-order valence-electron chi connectivity index (χ2n) is 7.49. The third-order valence-electron chi connectivity index (χ3n) is 5.73. The van der Waals surface area contributed by atoms with Crippen LogP contribution >= 0.6 is 0 Å². The molecular weight excluding hydrogens is 354 g/mol. The summed E-state index contributed by atoms with van der Waals surface area (Å²) in [7, 11) is 1.63. The van der Waals surface area contributed by atoms with Crippen LogP contribution in [0.15, 0.2) is 54.6 Å². The first-order chi connectivity index (χ1) is 13.6. The lowest BCUT2D eigenvalue weighted by atomic mass is 10.0. The molecule has 3 unspecified atom stereocenters. The molecule has 2 fully saturated rings. The van der Waals surface area contributed by atoms with Crippen molar-refractivity contribution in [1.29, 1.82) is 0 Å². The van der Waals surface area contributed by atoms with Crippen molar-refractivity contribution >= 4 is 11.9 Å². The molecule has 3 atom stereocenters. The van der Waals surface area contributed by atoms with Gasteiger partial charge in [-0.05, 0) is 48.6 Å². The number of urea groups is 1. The van der Waals surface area contributed by atoms with Crippen LogP contribution in [0.5, 0.6) is 5.75 Å². The van der Waals surface area contributed by atoms with E-state index in [1.807, 2.05) is 59.5 Å². The molecule has 2 aliphatic rings. The van der Waals surface area contributed by atoms with Gasteiger partial charge in [-0.15, -0.1) is 0 Å². The molecule has 2 bridgehead atoms. The molecule has 1 heterocycles. The fourth-order valence-electron chi connectivity index (χ4n) is 4.28. The standard InChI is InChI=1S/C22H25N3O3/c1-28-19-9-5-6-15(10-19)13-23-22(27)25-14-17-11-18(25)12-20(17)24-21(26)16-7-3-2-4-8-16/h2-10,17-18,20H,11-14H2,1H3,(H,23,27)(H,24,26). The van der Waals surface area contributed by atoms with E-state index >= 15 is 0 Å². The van der Waals surface area contributed by atoms with E-state index in [0.29, 0.717) is 24.6 Å². The van der Waals surface area contributed by atoms with Crippen molar-refractivity contribution in [1.82, 2.24) is 15.5 Å². The molecule has 6 heteroatoms. The van der Waals surface area contributed by atoms with Crippen molar-refractivity contribution < 1.29 is 14.3 Å². The van der Waals surface area contributed by atoms with Crippen LogP contribution < -0.4 is 15.4 Å². The molecule has 146 valence electrons. The van der Waals surface area contributed by atoms with Crippen molar-refractivity contribution in [3.05, 3.63) is 65.7 Å². The lowest BCUT2D eigenvalue weighted by Crippen LogP contribution is -2.50. The van der Waals surface area contributed by atoms with Crippen molar-refractivity contribution in [2.45, 2.75) is 31.5 Å². The van der Waals surface area contributed by atoms with E-state index in [2.05, 4.69) is 10.6 Å². The molecule has 0 spiro atoms. The van der Waals surface area contributed by atoms with E-state index in [4.69, 9.17) is 4.74 Å². The number of carbonyl (C=O) groups is 2. The Bertz CT molecular complexity index is 855. The van der Waals surface area contributed by atoms with Gasteiger partial charge in [-0.1, -0.05) is 30.3 Å². The summed E-state index contributed by atoms with van der Waals surface area (Å²) in [6.45, 7) is 1.16. The first-order valence-corrected chi connectivity index (χ1v) is 9.67. The van der Waals surface area contributed by atoms with Crippen LogP contribution in [0.4, 0.5) is 4.79 Å². The largest absolute Gasteiger partial charge is 0.497 e. The highest BCUT2D eigenvalue weighted by Crippen LogP contribution is 2.38. The minimum Gasteiger partial charge on any atom is -0.497 e. The lowest BCUT2D eigenvalue weighted by molar-refractivity contribution is 0.0913. The summed E-state index contributed by atoms with van der Waals surface area (Å²) in [5, 5.41) is 6.15. The number of piperidine rings is 1. The summed E-state index contributed by atoms with van der Waals surface area (Å²) in [6, 6.07) is 17.2. The van der Waals surface area contributed by atoms with Crippen LogP contribution in [-0.2, 0) is 6.54 Å². The average molecular weight is 379 g/mol. The van der Waals surface area contributed by atoms with Gasteiger partial charge in [0.25, 0.3) is 5.91 Å². The predicted octanol–water partition coefficient (Wildman–Crippen LogP) is 2.80. The Morgan fingerprint density at radius 2 is 1.93 bits per heavy atom. The van der Waals surface area contributed by atoms with E-state index in [0.717, 1.165) is 24.2 Å². The first-order valence-electron chi connectivity index (χ1n) is 9.67. The monoisotopic (exact) mass is 379 g/mol. The van der Waals surface area contributed by atoms with Crippen LogP contribution in [0, 0.1) is 5.92 Å². The molecule has 28 heavy (non-hydrogen) atoms. The maximum absolute atomic E-state index is 12.6. The topological polar surface area (TPSA) is 70.7 Å². The number of amides is 3. The molecule has 4 rings (SSSR count). The highest BCUT2D eigenvalue weighted by atomic mass is 16.5. The number of hydrogen-bond acceptors (Lipinski definition) is 3. The number of benzene rings is 2. The van der Waals surface area contributed by atoms with E-state index in [-0.39, 0.29) is 24.0 Å². The third-order valence-corrected chi connectivity index (χ3v) is 5.73. The molecular formula is C22H25N3O3. The van der Waals surface area contributed by atoms with Gasteiger partial charge >= 0.3 is 6.03 Å². The minimum atomic E-state index is -0.0387. The maximum Gasteiger partial charge on any atom is 0.317 e. The van der Waals surface area contributed by atoms with Crippen molar-refractivity contribution in [2.24, 2.45) is 5.92 Å². The van der Waals surface area contributed by atoms with Gasteiger partial charge in [0.05, 0.1) is 7.11 Å². The summed E-state index contributed by atoms with van der Waals surface area (Å²) >= 11 is 0. The minimum absolute atomic E-state index is 0.0350. The Kier molecular flexibility index (Phi) is 5.19. The number of carbonyl (C=O) groups excluding carboxylic acids is 2. The molecule has 1 aliphatic heterocycles. The van der Waals surface area contributed by atoms with Gasteiger partial charge in [-0.2, -0.15) is 0 Å². The van der Waals surface area contributed by atoms with Crippen LogP contribution in [0.1, 0.15) is 28.8 Å². The molecule has 2 aromatic carbocycles. The molecule has 6 nitrogen and oxygen atoms in total. The molecule has 1 saturated carbocycles. The summed E-state index contributed by atoms with van der Waals surface area (Å²) < 4.78 is 5.22. The summed E-state index contributed by atoms with van der Waals surface area (Å²) in [5.41, 5.74) is 1.68. The zero-order chi connectivity index (χ0) is 19.5. The van der Waals surface area contributed by atoms with Crippen molar-refractivity contribution in [3.8, 4) is 5.75 Å². The van der Waals surface area contributed by atoms with Crippen LogP contribution in [0.25, 0.3) is 0 Å². The van der Waals surface area contributed by atoms with E-state index in [1.54, 1.807) is 7.11 Å². The Morgan fingerprint density at radius 3 is 2.64 bits per heavy atom. The van der Waals surface area contributed by atoms with Crippen molar-refractivity contribution in [3.63, 3.8) is 0 Å². The summed E-state index contributed by atoms with van der Waals surface area (Å²) in [5.74, 6) is 1.07. The van der Waals surface area contributed by atoms with Gasteiger partial charge in [0.15, 0.2) is 0 Å². The molecule has 2 aromatic rings. The number of fused-ring (bicyclic) bond motifs is 2. The van der Waals surface area contributed by atoms with Gasteiger partial charge < -0.3 is 20.3 Å². The highest BCUT2D eigenvalue weighted by molar-refractivity contribution is 5.94. The van der Waals surface area contributed by atoms with Gasteiger partial charge in [-0.25, -0.2) is 4.79 Å². The van der Waals surface area contributed by atoms with Gasteiger partial charge in [0, 0.05) is 30.7 Å². The molecule has 1 aliphatic carbocycles. The fraction of sp³-hybridized carbons (Fsp3) is 0.364. The number of rotatable bonds is 5. The van der Waals surface area contributed by atoms with E-state index in [9.17, 15) is 9.59 Å². The molecule has 1 saturated heterocycles. The number of nitrogens with one attached hydrogen (secondary N) is 2. The average Bonchev–Trinajstić information content (AvgIpc) is 3.33. The number of likely N-dealkylation sites (tertiary alicyclic amines) is 1. The summed E-state index contributed by atoms with van der Waals surface area (Å²) in [6.07, 6.45) is 1.77.